The van der Waals surface area contributed by atoms with Gasteiger partial charge < -0.3 is 10.6 Å². The molecule has 2 heterocycles. The largest absolute Gasteiger partial charge is 0.351 e. The lowest BCUT2D eigenvalue weighted by atomic mass is 9.97. The van der Waals surface area contributed by atoms with Crippen LogP contribution in [0.5, 0.6) is 0 Å². The maximum absolute atomic E-state index is 15.2. The Morgan fingerprint density at radius 3 is 2.66 bits per heavy atom. The average Bonchev–Trinajstić information content (AvgIpc) is 2.77. The van der Waals surface area contributed by atoms with Crippen molar-refractivity contribution in [3.05, 3.63) is 47.7 Å². The number of nitrogens with zero attached hydrogens (tertiary/aromatic N) is 3. The molecule has 1 aliphatic heterocycles. The molecular weight excluding hydrogens is 418 g/mol. The third-order valence-electron chi connectivity index (χ3n) is 5.70. The molecule has 1 saturated heterocycles. The molecule has 0 unspecified atom stereocenters. The number of hydrogen-bond acceptors (Lipinski definition) is 7. The van der Waals surface area contributed by atoms with Gasteiger partial charge in [0, 0.05) is 22.5 Å². The van der Waals surface area contributed by atoms with Crippen LogP contribution in [-0.2, 0) is 0 Å². The zero-order valence-electron chi connectivity index (χ0n) is 18.0. The summed E-state index contributed by atoms with van der Waals surface area (Å²) in [7, 11) is 0. The van der Waals surface area contributed by atoms with Gasteiger partial charge in [-0.15, -0.1) is 0 Å². The van der Waals surface area contributed by atoms with Crippen molar-refractivity contribution in [3.8, 4) is 11.1 Å². The fourth-order valence-electron chi connectivity index (χ4n) is 3.83. The quantitative estimate of drug-likeness (QED) is 0.289. The second kappa shape index (κ2) is 8.91. The van der Waals surface area contributed by atoms with Crippen molar-refractivity contribution in [1.82, 2.24) is 15.3 Å². The van der Waals surface area contributed by atoms with Crippen LogP contribution < -0.4 is 16.1 Å². The molecule has 1 aliphatic rings. The zero-order valence-corrected chi connectivity index (χ0v) is 18.0. The summed E-state index contributed by atoms with van der Waals surface area (Å²) in [5, 5.41) is 26.8. The summed E-state index contributed by atoms with van der Waals surface area (Å²) in [6.45, 7) is 5.00. The van der Waals surface area contributed by atoms with Crippen LogP contribution in [0.4, 0.5) is 20.4 Å². The van der Waals surface area contributed by atoms with Gasteiger partial charge in [-0.3, -0.25) is 0 Å². The second-order valence-electron chi connectivity index (χ2n) is 8.03. The van der Waals surface area contributed by atoms with Crippen molar-refractivity contribution in [1.29, 1.82) is 0 Å². The number of hydrogen-bond donors (Lipinski definition) is 5. The van der Waals surface area contributed by atoms with E-state index in [1.165, 1.54) is 6.92 Å². The molecule has 4 rings (SSSR count). The highest BCUT2D eigenvalue weighted by Gasteiger charge is 2.25. The molecule has 0 aliphatic carbocycles. The molecule has 0 atom stereocenters. The third-order valence-corrected chi connectivity index (χ3v) is 5.70. The number of piperidine rings is 1. The minimum Gasteiger partial charge on any atom is -0.351 e. The highest BCUT2D eigenvalue weighted by Crippen LogP contribution is 2.35. The molecule has 8 nitrogen and oxygen atoms in total. The number of rotatable bonds is 6. The van der Waals surface area contributed by atoms with Gasteiger partial charge >= 0.3 is 0 Å². The van der Waals surface area contributed by atoms with E-state index in [-0.39, 0.29) is 17.8 Å². The molecule has 170 valence electrons. The van der Waals surface area contributed by atoms with Crippen molar-refractivity contribution in [2.45, 2.75) is 32.7 Å². The van der Waals surface area contributed by atoms with E-state index in [1.807, 2.05) is 0 Å². The highest BCUT2D eigenvalue weighted by atomic mass is 19.1. The van der Waals surface area contributed by atoms with E-state index >= 15 is 4.39 Å². The summed E-state index contributed by atoms with van der Waals surface area (Å²) in [6, 6.07) is 5.93. The van der Waals surface area contributed by atoms with Gasteiger partial charge in [-0.2, -0.15) is 15.8 Å². The van der Waals surface area contributed by atoms with Crippen molar-refractivity contribution < 1.29 is 24.1 Å². The fraction of sp³-hybridized carbons (Fsp3) is 0.364. The molecular formula is C22H27F2N6O2+. The normalized spacial score (nSPS) is 15.2. The maximum Gasteiger partial charge on any atom is 0.223 e. The van der Waals surface area contributed by atoms with E-state index in [9.17, 15) is 14.8 Å². The summed E-state index contributed by atoms with van der Waals surface area (Å²) in [5.74, 6) is -1.15. The van der Waals surface area contributed by atoms with Gasteiger partial charge in [-0.25, -0.2) is 18.7 Å². The van der Waals surface area contributed by atoms with Gasteiger partial charge in [0.05, 0.1) is 11.1 Å². The topological polar surface area (TPSA) is 102 Å². The summed E-state index contributed by atoms with van der Waals surface area (Å²) in [5.41, 5.74) is 3.39. The van der Waals surface area contributed by atoms with Gasteiger partial charge in [0.1, 0.15) is 11.5 Å². The Kier molecular flexibility index (Phi) is 6.20. The van der Waals surface area contributed by atoms with Crippen molar-refractivity contribution >= 4 is 22.5 Å². The molecule has 0 spiro atoms. The standard InChI is InChI=1S/C22H27F2N6O2/c1-3-30(31,32)29-18-5-4-17(23)20(21(18)24)16-11-14-12-26-22(28-19(14)10-13(16)2)27-15-6-8-25-9-7-15/h4-5,10-12,15,25,29,31-32H,3,6-9H2,1-2H3,(H,26,27,28)/q+1. The third kappa shape index (κ3) is 4.63. The Hall–Kier alpha value is -2.92. The Balaban J connectivity index is 1.70. The zero-order chi connectivity index (χ0) is 22.9. The molecule has 32 heavy (non-hydrogen) atoms. The Bertz CT molecular complexity index is 1140. The van der Waals surface area contributed by atoms with E-state index in [0.29, 0.717) is 34.0 Å². The second-order valence-corrected chi connectivity index (χ2v) is 8.03. The van der Waals surface area contributed by atoms with E-state index < -0.39 is 16.6 Å². The van der Waals surface area contributed by atoms with Gasteiger partial charge in [-0.05, 0) is 75.2 Å². The smallest absolute Gasteiger partial charge is 0.223 e. The molecule has 0 bridgehead atoms. The molecule has 10 heteroatoms. The monoisotopic (exact) mass is 445 g/mol. The number of benzene rings is 2. The van der Waals surface area contributed by atoms with Crippen LogP contribution in [0.3, 0.4) is 0 Å². The van der Waals surface area contributed by atoms with E-state index in [2.05, 4.69) is 26.0 Å². The number of hydroxylamine groups is 2. The van der Waals surface area contributed by atoms with Crippen molar-refractivity contribution in [2.75, 3.05) is 30.4 Å². The summed E-state index contributed by atoms with van der Waals surface area (Å²) < 4.78 is 29.9. The predicted octanol–water partition coefficient (Wildman–Crippen LogP) is 3.99. The number of aryl methyl sites for hydroxylation is 1. The van der Waals surface area contributed by atoms with Gasteiger partial charge in [-0.1, -0.05) is 0 Å². The van der Waals surface area contributed by atoms with Crippen LogP contribution in [0, 0.1) is 18.6 Å². The molecule has 0 saturated carbocycles. The van der Waals surface area contributed by atoms with Gasteiger partial charge in [0.15, 0.2) is 12.4 Å². The van der Waals surface area contributed by atoms with Crippen molar-refractivity contribution in [2.24, 2.45) is 0 Å². The van der Waals surface area contributed by atoms with Gasteiger partial charge in [0.25, 0.3) is 0 Å². The van der Waals surface area contributed by atoms with Crippen LogP contribution in [0.15, 0.2) is 30.5 Å². The molecule has 1 fully saturated rings. The Morgan fingerprint density at radius 2 is 1.94 bits per heavy atom. The Labute approximate surface area is 184 Å². The highest BCUT2D eigenvalue weighted by molar-refractivity contribution is 5.87. The molecule has 5 N–H and O–H groups in total. The number of quaternary nitrogens is 1. The van der Waals surface area contributed by atoms with Crippen molar-refractivity contribution in [3.63, 3.8) is 0 Å². The first kappa shape index (κ1) is 22.3. The number of halogens is 2. The summed E-state index contributed by atoms with van der Waals surface area (Å²) >= 11 is 0. The predicted molar refractivity (Wildman–Crippen MR) is 117 cm³/mol. The molecule has 2 aromatic carbocycles. The maximum atomic E-state index is 15.2. The molecule has 3 aromatic rings. The summed E-state index contributed by atoms with van der Waals surface area (Å²) in [6.07, 6.45) is 3.61. The summed E-state index contributed by atoms with van der Waals surface area (Å²) in [4.78, 5) is 7.33. The number of nitrogens with one attached hydrogen (secondary N) is 3. The van der Waals surface area contributed by atoms with E-state index in [4.69, 9.17) is 0 Å². The van der Waals surface area contributed by atoms with Crippen LogP contribution in [0.1, 0.15) is 25.3 Å². The lowest BCUT2D eigenvalue weighted by Gasteiger charge is -2.23. The molecule has 1 aromatic heterocycles. The molecule has 0 amide bonds. The van der Waals surface area contributed by atoms with Crippen LogP contribution >= 0.6 is 0 Å². The number of fused-ring (bicyclic) bond motifs is 1. The first-order valence-corrected chi connectivity index (χ1v) is 10.6. The first-order valence-electron chi connectivity index (χ1n) is 10.6. The van der Waals surface area contributed by atoms with Crippen LogP contribution in [-0.4, -0.2) is 51.0 Å². The Morgan fingerprint density at radius 1 is 1.19 bits per heavy atom. The number of aromatic nitrogens is 2. The van der Waals surface area contributed by atoms with Crippen LogP contribution in [0.2, 0.25) is 0 Å². The number of anilines is 2. The minimum absolute atomic E-state index is 0.147. The lowest BCUT2D eigenvalue weighted by Crippen LogP contribution is -2.46. The fourth-order valence-corrected chi connectivity index (χ4v) is 3.83. The SMILES string of the molecule is CC[N+](O)(O)Nc1ccc(F)c(-c2cc3cnc(NC4CCNCC4)nc3cc2C)c1F. The van der Waals surface area contributed by atoms with Crippen LogP contribution in [0.25, 0.3) is 22.0 Å². The lowest BCUT2D eigenvalue weighted by molar-refractivity contribution is -1.23. The van der Waals surface area contributed by atoms with E-state index in [1.54, 1.807) is 25.3 Å². The van der Waals surface area contributed by atoms with Gasteiger partial charge in [0.2, 0.25) is 5.95 Å². The average molecular weight is 445 g/mol. The first-order chi connectivity index (χ1) is 15.3. The molecule has 0 radical (unpaired) electrons. The van der Waals surface area contributed by atoms with E-state index in [0.717, 1.165) is 38.1 Å². The minimum atomic E-state index is -1.63.